The number of aliphatic imine (C=N–C) groups is 1. The molecule has 0 aliphatic carbocycles. The molecule has 136 valence electrons. The molecule has 0 radical (unpaired) electrons. The van der Waals surface area contributed by atoms with Crippen molar-refractivity contribution in [2.24, 2.45) is 10.4 Å². The van der Waals surface area contributed by atoms with E-state index in [-0.39, 0.29) is 35.5 Å². The Hall–Kier alpha value is -0.0800. The Morgan fingerprint density at radius 1 is 1.26 bits per heavy atom. The van der Waals surface area contributed by atoms with Gasteiger partial charge in [-0.3, -0.25) is 9.89 Å². The fraction of sp³-hybridized carbons (Fsp3) is 0.941. The van der Waals surface area contributed by atoms with Crippen molar-refractivity contribution in [3.8, 4) is 0 Å². The van der Waals surface area contributed by atoms with Gasteiger partial charge in [0.15, 0.2) is 5.96 Å². The van der Waals surface area contributed by atoms with Crippen LogP contribution in [0.1, 0.15) is 40.0 Å². The monoisotopic (exact) mass is 438 g/mol. The number of likely N-dealkylation sites (tertiary alicyclic amines) is 2. The number of methoxy groups -OCH3 is 1. The normalized spacial score (nSPS) is 24.7. The maximum Gasteiger partial charge on any atom is 0.193 e. The lowest BCUT2D eigenvalue weighted by atomic mass is 9.89. The molecule has 0 spiro atoms. The lowest BCUT2D eigenvalue weighted by Crippen LogP contribution is -2.47. The van der Waals surface area contributed by atoms with E-state index in [2.05, 4.69) is 40.9 Å². The molecule has 23 heavy (non-hydrogen) atoms. The molecule has 0 aromatic rings. The summed E-state index contributed by atoms with van der Waals surface area (Å²) in [5.74, 6) is 1.02. The van der Waals surface area contributed by atoms with Gasteiger partial charge in [0.25, 0.3) is 0 Å². The van der Waals surface area contributed by atoms with Crippen LogP contribution in [0.4, 0.5) is 0 Å². The first-order valence-corrected chi connectivity index (χ1v) is 8.68. The van der Waals surface area contributed by atoms with Gasteiger partial charge in [-0.05, 0) is 37.8 Å². The zero-order valence-corrected chi connectivity index (χ0v) is 17.8. The van der Waals surface area contributed by atoms with Crippen LogP contribution in [0.3, 0.4) is 0 Å². The van der Waals surface area contributed by atoms with E-state index in [9.17, 15) is 0 Å². The molecule has 5 nitrogen and oxygen atoms in total. The van der Waals surface area contributed by atoms with Gasteiger partial charge < -0.3 is 15.0 Å². The maximum atomic E-state index is 5.63. The van der Waals surface area contributed by atoms with E-state index in [1.807, 2.05) is 7.05 Å². The minimum atomic E-state index is 0. The Morgan fingerprint density at radius 3 is 2.43 bits per heavy atom. The van der Waals surface area contributed by atoms with E-state index in [0.717, 1.165) is 25.6 Å². The van der Waals surface area contributed by atoms with Crippen LogP contribution in [0.2, 0.25) is 0 Å². The minimum absolute atomic E-state index is 0. The van der Waals surface area contributed by atoms with Crippen molar-refractivity contribution < 1.29 is 4.74 Å². The average molecular weight is 438 g/mol. The number of nitrogens with zero attached hydrogens (tertiary/aromatic N) is 3. The molecule has 2 rings (SSSR count). The molecule has 0 saturated carbocycles. The summed E-state index contributed by atoms with van der Waals surface area (Å²) in [5, 5.41) is 3.51. The second-order valence-electron chi connectivity index (χ2n) is 7.65. The van der Waals surface area contributed by atoms with Crippen LogP contribution < -0.4 is 5.32 Å². The minimum Gasteiger partial charge on any atom is -0.379 e. The Balaban J connectivity index is 0.00000264. The smallest absolute Gasteiger partial charge is 0.193 e. The summed E-state index contributed by atoms with van der Waals surface area (Å²) in [5.41, 5.74) is 0.129. The first kappa shape index (κ1) is 21.0. The van der Waals surface area contributed by atoms with Crippen LogP contribution in [-0.2, 0) is 4.74 Å². The van der Waals surface area contributed by atoms with Crippen molar-refractivity contribution in [3.63, 3.8) is 0 Å². The molecular weight excluding hydrogens is 403 g/mol. The van der Waals surface area contributed by atoms with Gasteiger partial charge in [0.1, 0.15) is 0 Å². The Morgan fingerprint density at radius 2 is 1.91 bits per heavy atom. The Labute approximate surface area is 159 Å². The molecule has 6 heteroatoms. The van der Waals surface area contributed by atoms with Gasteiger partial charge >= 0.3 is 0 Å². The van der Waals surface area contributed by atoms with Crippen LogP contribution in [-0.4, -0.2) is 74.8 Å². The predicted octanol–water partition coefficient (Wildman–Crippen LogP) is 2.41. The quantitative estimate of drug-likeness (QED) is 0.416. The molecule has 2 saturated heterocycles. The molecule has 2 atom stereocenters. The summed E-state index contributed by atoms with van der Waals surface area (Å²) in [6.45, 7) is 12.2. The molecule has 0 aromatic carbocycles. The van der Waals surface area contributed by atoms with Gasteiger partial charge in [-0.1, -0.05) is 20.8 Å². The molecule has 2 fully saturated rings. The van der Waals surface area contributed by atoms with Crippen LogP contribution in [0.5, 0.6) is 0 Å². The topological polar surface area (TPSA) is 40.1 Å². The number of halogens is 1. The van der Waals surface area contributed by atoms with Crippen molar-refractivity contribution in [2.45, 2.75) is 52.2 Å². The number of rotatable bonds is 4. The van der Waals surface area contributed by atoms with Crippen LogP contribution in [0, 0.1) is 5.41 Å². The van der Waals surface area contributed by atoms with E-state index in [4.69, 9.17) is 4.74 Å². The lowest BCUT2D eigenvalue weighted by Gasteiger charge is -2.31. The van der Waals surface area contributed by atoms with E-state index in [1.165, 1.54) is 32.4 Å². The van der Waals surface area contributed by atoms with Crippen LogP contribution in [0.15, 0.2) is 4.99 Å². The van der Waals surface area contributed by atoms with Gasteiger partial charge in [-0.25, -0.2) is 0 Å². The highest BCUT2D eigenvalue weighted by molar-refractivity contribution is 14.0. The van der Waals surface area contributed by atoms with E-state index < -0.39 is 0 Å². The van der Waals surface area contributed by atoms with Gasteiger partial charge in [-0.15, -0.1) is 24.0 Å². The summed E-state index contributed by atoms with van der Waals surface area (Å²) in [6.07, 6.45) is 4.17. The largest absolute Gasteiger partial charge is 0.379 e. The zero-order chi connectivity index (χ0) is 16.2. The second-order valence-corrected chi connectivity index (χ2v) is 7.65. The number of hydrogen-bond donors (Lipinski definition) is 1. The third kappa shape index (κ3) is 5.74. The van der Waals surface area contributed by atoms with Crippen molar-refractivity contribution in [3.05, 3.63) is 0 Å². The highest BCUT2D eigenvalue weighted by Gasteiger charge is 2.31. The maximum absolute atomic E-state index is 5.63. The molecule has 0 aromatic heterocycles. The predicted molar refractivity (Wildman–Crippen MR) is 108 cm³/mol. The molecule has 2 unspecified atom stereocenters. The highest BCUT2D eigenvalue weighted by Crippen LogP contribution is 2.22. The summed E-state index contributed by atoms with van der Waals surface area (Å²) in [6, 6.07) is 0.710. The lowest BCUT2D eigenvalue weighted by molar-refractivity contribution is 0.0202. The molecule has 0 bridgehead atoms. The van der Waals surface area contributed by atoms with Crippen LogP contribution in [0.25, 0.3) is 0 Å². The van der Waals surface area contributed by atoms with Crippen molar-refractivity contribution in [2.75, 3.05) is 46.9 Å². The zero-order valence-electron chi connectivity index (χ0n) is 15.5. The second kappa shape index (κ2) is 9.42. The van der Waals surface area contributed by atoms with Crippen LogP contribution >= 0.6 is 24.0 Å². The highest BCUT2D eigenvalue weighted by atomic mass is 127. The molecule has 2 heterocycles. The average Bonchev–Trinajstić information content (AvgIpc) is 3.12. The van der Waals surface area contributed by atoms with Crippen molar-refractivity contribution in [1.82, 2.24) is 15.1 Å². The molecule has 1 N–H and O–H groups in total. The summed E-state index contributed by atoms with van der Waals surface area (Å²) >= 11 is 0. The van der Waals surface area contributed by atoms with E-state index in [1.54, 1.807) is 7.11 Å². The first-order valence-electron chi connectivity index (χ1n) is 8.68. The Kier molecular flexibility index (Phi) is 8.58. The van der Waals surface area contributed by atoms with E-state index in [0.29, 0.717) is 6.04 Å². The fourth-order valence-electron chi connectivity index (χ4n) is 3.60. The van der Waals surface area contributed by atoms with Gasteiger partial charge in [0.2, 0.25) is 0 Å². The van der Waals surface area contributed by atoms with Crippen molar-refractivity contribution in [1.29, 1.82) is 0 Å². The number of ether oxygens (including phenoxy) is 1. The molecule has 2 aliphatic heterocycles. The van der Waals surface area contributed by atoms with E-state index >= 15 is 0 Å². The summed E-state index contributed by atoms with van der Waals surface area (Å²) in [4.78, 5) is 9.53. The number of hydrogen-bond acceptors (Lipinski definition) is 3. The molecule has 0 amide bonds. The standard InChI is InChI=1S/C17H34N4O.HI/c1-17(2,3)15(22-5)12-19-16(18-4)21-11-8-14(13-21)20-9-6-7-10-20;/h14-15H,6-13H2,1-5H3,(H,18,19);1H. The SMILES string of the molecule is CN=C(NCC(OC)C(C)(C)C)N1CCC(N2CCCC2)C1.I. The summed E-state index contributed by atoms with van der Waals surface area (Å²) < 4.78 is 5.63. The third-order valence-corrected chi connectivity index (χ3v) is 5.03. The van der Waals surface area contributed by atoms with Gasteiger partial charge in [-0.2, -0.15) is 0 Å². The number of nitrogens with one attached hydrogen (secondary N) is 1. The molecular formula is C17H35IN4O. The summed E-state index contributed by atoms with van der Waals surface area (Å²) in [7, 11) is 3.67. The molecule has 2 aliphatic rings. The Bertz CT molecular complexity index is 377. The number of guanidine groups is 1. The van der Waals surface area contributed by atoms with Crippen molar-refractivity contribution >= 4 is 29.9 Å². The third-order valence-electron chi connectivity index (χ3n) is 5.03. The first-order chi connectivity index (χ1) is 10.5. The van der Waals surface area contributed by atoms with Gasteiger partial charge in [0.05, 0.1) is 6.10 Å². The van der Waals surface area contributed by atoms with Gasteiger partial charge in [0, 0.05) is 39.8 Å². The fourth-order valence-corrected chi connectivity index (χ4v) is 3.60.